The summed E-state index contributed by atoms with van der Waals surface area (Å²) in [4.78, 5) is 17.5. The first kappa shape index (κ1) is 26.0. The van der Waals surface area contributed by atoms with Gasteiger partial charge in [0.05, 0.1) is 12.1 Å². The van der Waals surface area contributed by atoms with Crippen molar-refractivity contribution in [2.75, 3.05) is 26.2 Å². The topological polar surface area (TPSA) is 101 Å². The molecule has 2 aromatic carbocycles. The van der Waals surface area contributed by atoms with Gasteiger partial charge in [-0.15, -0.1) is 0 Å². The quantitative estimate of drug-likeness (QED) is 0.483. The van der Waals surface area contributed by atoms with E-state index in [9.17, 15) is 10.1 Å². The number of nitriles is 1. The van der Waals surface area contributed by atoms with Crippen LogP contribution < -0.4 is 10.6 Å². The van der Waals surface area contributed by atoms with Gasteiger partial charge in [0.15, 0.2) is 0 Å². The Morgan fingerprint density at radius 2 is 1.60 bits per heavy atom. The van der Waals surface area contributed by atoms with E-state index in [-0.39, 0.29) is 12.1 Å². The second-order valence-corrected chi connectivity index (χ2v) is 8.48. The summed E-state index contributed by atoms with van der Waals surface area (Å²) in [5.41, 5.74) is 4.10. The third-order valence-electron chi connectivity index (χ3n) is 6.03. The Morgan fingerprint density at radius 3 is 2.09 bits per heavy atom. The van der Waals surface area contributed by atoms with Gasteiger partial charge in [-0.05, 0) is 31.0 Å². The maximum atomic E-state index is 11.0. The van der Waals surface area contributed by atoms with Gasteiger partial charge in [-0.1, -0.05) is 66.7 Å². The minimum Gasteiger partial charge on any atom is -0.480 e. The lowest BCUT2D eigenvalue weighted by atomic mass is 9.98. The number of hydrogen-bond donors (Lipinski definition) is 3. The zero-order valence-corrected chi connectivity index (χ0v) is 20.3. The van der Waals surface area contributed by atoms with Crippen LogP contribution in [0.2, 0.25) is 0 Å². The second kappa shape index (κ2) is 13.4. The van der Waals surface area contributed by atoms with Crippen LogP contribution >= 0.6 is 0 Å². The monoisotopic (exact) mass is 471 g/mol. The molecular weight excluding hydrogens is 438 g/mol. The third kappa shape index (κ3) is 7.46. The van der Waals surface area contributed by atoms with Gasteiger partial charge in [0.25, 0.3) is 0 Å². The largest absolute Gasteiger partial charge is 0.480 e. The van der Waals surface area contributed by atoms with Crippen LogP contribution in [0.15, 0.2) is 79.0 Å². The van der Waals surface area contributed by atoms with Crippen molar-refractivity contribution in [1.82, 2.24) is 20.5 Å². The summed E-state index contributed by atoms with van der Waals surface area (Å²) in [6.07, 6.45) is 1.77. The van der Waals surface area contributed by atoms with Crippen LogP contribution in [0.3, 0.4) is 0 Å². The predicted molar refractivity (Wildman–Crippen MR) is 137 cm³/mol. The molecule has 1 aromatic heterocycles. The first-order chi connectivity index (χ1) is 17.0. The van der Waals surface area contributed by atoms with Gasteiger partial charge in [0.2, 0.25) is 0 Å². The Hall–Kier alpha value is -3.57. The molecule has 7 nitrogen and oxygen atoms in total. The van der Waals surface area contributed by atoms with Crippen molar-refractivity contribution in [3.05, 3.63) is 101 Å². The number of carboxylic acids is 1. The molecule has 2 heterocycles. The van der Waals surface area contributed by atoms with Crippen LogP contribution in [0.25, 0.3) is 0 Å². The van der Waals surface area contributed by atoms with E-state index >= 15 is 0 Å². The predicted octanol–water partition coefficient (Wildman–Crippen LogP) is 3.70. The number of carboxylic acid groups (broad SMARTS) is 1. The first-order valence-electron chi connectivity index (χ1n) is 11.9. The highest BCUT2D eigenvalue weighted by Gasteiger charge is 2.23. The summed E-state index contributed by atoms with van der Waals surface area (Å²) in [6.45, 7) is 7.37. The molecule has 3 N–H and O–H groups in total. The molecule has 0 radical (unpaired) electrons. The van der Waals surface area contributed by atoms with Gasteiger partial charge < -0.3 is 10.4 Å². The highest BCUT2D eigenvalue weighted by Crippen LogP contribution is 2.23. The highest BCUT2D eigenvalue weighted by molar-refractivity contribution is 5.73. The molecule has 3 aromatic rings. The Bertz CT molecular complexity index is 1060. The Balaban J connectivity index is 0.000000198. The van der Waals surface area contributed by atoms with Crippen LogP contribution in [-0.2, 0) is 4.79 Å². The number of piperazine rings is 1. The molecule has 0 saturated carbocycles. The Morgan fingerprint density at radius 1 is 1.03 bits per heavy atom. The van der Waals surface area contributed by atoms with Gasteiger partial charge in [-0.3, -0.25) is 20.0 Å². The van der Waals surface area contributed by atoms with Crippen molar-refractivity contribution in [2.24, 2.45) is 0 Å². The van der Waals surface area contributed by atoms with Gasteiger partial charge >= 0.3 is 5.97 Å². The standard InChI is InChI=1S/C16H17NO2.C12H16N4/c1-12(16(18)19)17-15(13-8-4-2-5-9-13)14-10-6-3-7-11-14;1-10-11(3-2-4-15-10)12(9-13)16-7-5-14-6-8-16/h2-12,15,17H,1H3,(H,18,19);2-4,12,14H,5-8H2,1H3. The summed E-state index contributed by atoms with van der Waals surface area (Å²) in [7, 11) is 0. The SMILES string of the molecule is CC(NC(c1ccccc1)c1ccccc1)C(=O)O.Cc1ncccc1C(C#N)N1CCNCC1. The molecule has 0 amide bonds. The van der Waals surface area contributed by atoms with Crippen LogP contribution in [0.4, 0.5) is 0 Å². The fourth-order valence-electron chi connectivity index (χ4n) is 4.07. The molecule has 1 aliphatic heterocycles. The first-order valence-corrected chi connectivity index (χ1v) is 11.9. The number of aliphatic carboxylic acids is 1. The van der Waals surface area contributed by atoms with Crippen LogP contribution in [0.5, 0.6) is 0 Å². The molecule has 7 heteroatoms. The van der Waals surface area contributed by atoms with Crippen molar-refractivity contribution in [2.45, 2.75) is 32.0 Å². The van der Waals surface area contributed by atoms with Crippen molar-refractivity contribution >= 4 is 5.97 Å². The second-order valence-electron chi connectivity index (χ2n) is 8.48. The highest BCUT2D eigenvalue weighted by atomic mass is 16.4. The normalized spacial score (nSPS) is 15.4. The number of aromatic nitrogens is 1. The average molecular weight is 472 g/mol. The number of hydrogen-bond acceptors (Lipinski definition) is 6. The summed E-state index contributed by atoms with van der Waals surface area (Å²) < 4.78 is 0. The van der Waals surface area contributed by atoms with E-state index in [1.807, 2.05) is 79.7 Å². The van der Waals surface area contributed by atoms with Crippen LogP contribution in [0.1, 0.15) is 41.4 Å². The van der Waals surface area contributed by atoms with E-state index in [4.69, 9.17) is 5.11 Å². The summed E-state index contributed by atoms with van der Waals surface area (Å²) >= 11 is 0. The van der Waals surface area contributed by atoms with Crippen molar-refractivity contribution < 1.29 is 9.90 Å². The molecule has 4 rings (SSSR count). The number of carbonyl (C=O) groups is 1. The molecule has 2 unspecified atom stereocenters. The molecule has 35 heavy (non-hydrogen) atoms. The zero-order chi connectivity index (χ0) is 25.0. The number of benzene rings is 2. The molecule has 0 spiro atoms. The third-order valence-corrected chi connectivity index (χ3v) is 6.03. The van der Waals surface area contributed by atoms with Crippen molar-refractivity contribution in [3.8, 4) is 6.07 Å². The van der Waals surface area contributed by atoms with Gasteiger partial charge in [0.1, 0.15) is 12.1 Å². The molecule has 1 aliphatic rings. The van der Waals surface area contributed by atoms with E-state index in [1.54, 1.807) is 13.1 Å². The van der Waals surface area contributed by atoms with E-state index < -0.39 is 12.0 Å². The van der Waals surface area contributed by atoms with Gasteiger partial charge in [-0.25, -0.2) is 0 Å². The lowest BCUT2D eigenvalue weighted by Crippen LogP contribution is -2.45. The maximum absolute atomic E-state index is 11.0. The minimum absolute atomic E-state index is 0.117. The molecule has 1 fully saturated rings. The molecule has 2 atom stereocenters. The smallest absolute Gasteiger partial charge is 0.320 e. The van der Waals surface area contributed by atoms with E-state index in [0.29, 0.717) is 0 Å². The minimum atomic E-state index is -0.850. The fraction of sp³-hybridized carbons (Fsp3) is 0.321. The number of rotatable bonds is 7. The summed E-state index contributed by atoms with van der Waals surface area (Å²) in [6, 6.07) is 25.1. The lowest BCUT2D eigenvalue weighted by molar-refractivity contribution is -0.139. The number of aryl methyl sites for hydroxylation is 1. The Kier molecular flexibility index (Phi) is 9.93. The fourth-order valence-corrected chi connectivity index (χ4v) is 4.07. The molecule has 1 saturated heterocycles. The Labute approximate surface area is 207 Å². The summed E-state index contributed by atoms with van der Waals surface area (Å²) in [5, 5.41) is 24.8. The van der Waals surface area contributed by atoms with Crippen LogP contribution in [-0.4, -0.2) is 53.2 Å². The van der Waals surface area contributed by atoms with Crippen molar-refractivity contribution in [1.29, 1.82) is 5.26 Å². The van der Waals surface area contributed by atoms with Gasteiger partial charge in [0, 0.05) is 43.6 Å². The molecule has 182 valence electrons. The molecular formula is C28H33N5O2. The zero-order valence-electron chi connectivity index (χ0n) is 20.3. The number of pyridine rings is 1. The maximum Gasteiger partial charge on any atom is 0.320 e. The molecule has 0 aliphatic carbocycles. The average Bonchev–Trinajstić information content (AvgIpc) is 2.90. The number of nitrogens with one attached hydrogen (secondary N) is 2. The lowest BCUT2D eigenvalue weighted by Gasteiger charge is -2.31. The van der Waals surface area contributed by atoms with Gasteiger partial charge in [-0.2, -0.15) is 5.26 Å². The van der Waals surface area contributed by atoms with E-state index in [1.165, 1.54) is 0 Å². The van der Waals surface area contributed by atoms with Crippen LogP contribution in [0, 0.1) is 18.3 Å². The van der Waals surface area contributed by atoms with E-state index in [0.717, 1.165) is 48.6 Å². The number of nitrogens with zero attached hydrogens (tertiary/aromatic N) is 3. The van der Waals surface area contributed by atoms with E-state index in [2.05, 4.69) is 26.6 Å². The summed E-state index contributed by atoms with van der Waals surface area (Å²) in [5.74, 6) is -0.850. The van der Waals surface area contributed by atoms with Crippen molar-refractivity contribution in [3.63, 3.8) is 0 Å². The molecule has 0 bridgehead atoms.